The van der Waals surface area contributed by atoms with E-state index >= 15 is 0 Å². The van der Waals surface area contributed by atoms with Crippen LogP contribution in [0.4, 0.5) is 14.9 Å². The van der Waals surface area contributed by atoms with Crippen molar-refractivity contribution in [1.29, 1.82) is 0 Å². The van der Waals surface area contributed by atoms with Gasteiger partial charge in [-0.3, -0.25) is 14.7 Å². The zero-order chi connectivity index (χ0) is 27.4. The zero-order valence-electron chi connectivity index (χ0n) is 22.8. The maximum atomic E-state index is 13.7. The van der Waals surface area contributed by atoms with Crippen LogP contribution in [0.1, 0.15) is 57.4 Å². The standard InChI is InChI=1S/C29H38ClFN4O3/c1-5-6-11-38-28(37)34-17-24(14-30)33(16-20(34)2)18-26(36)35-19-29(3,4)27-25(35)13-22(15-32-27)12-21-7-9-23(31)10-8-21/h7-10,13,15,20,24H,5-6,11-12,14,16-19H2,1-4H3. The number of aromatic nitrogens is 1. The summed E-state index contributed by atoms with van der Waals surface area (Å²) in [5.41, 5.74) is 3.39. The van der Waals surface area contributed by atoms with Crippen LogP contribution in [0.5, 0.6) is 0 Å². The maximum Gasteiger partial charge on any atom is 0.410 e. The summed E-state index contributed by atoms with van der Waals surface area (Å²) in [5, 5.41) is 0. The van der Waals surface area contributed by atoms with Gasteiger partial charge in [-0.1, -0.05) is 39.3 Å². The van der Waals surface area contributed by atoms with E-state index in [9.17, 15) is 14.0 Å². The molecule has 0 N–H and O–H groups in total. The molecule has 2 aliphatic heterocycles. The van der Waals surface area contributed by atoms with Gasteiger partial charge in [-0.2, -0.15) is 0 Å². The van der Waals surface area contributed by atoms with Crippen LogP contribution in [-0.4, -0.2) is 77.5 Å². The molecule has 1 aromatic heterocycles. The minimum atomic E-state index is -0.318. The van der Waals surface area contributed by atoms with E-state index in [4.69, 9.17) is 21.3 Å². The molecule has 1 aromatic carbocycles. The molecule has 4 rings (SSSR count). The molecule has 1 fully saturated rings. The van der Waals surface area contributed by atoms with E-state index in [2.05, 4.69) is 25.7 Å². The molecule has 9 heteroatoms. The molecule has 2 atom stereocenters. The third-order valence-electron chi connectivity index (χ3n) is 7.46. The molecule has 3 heterocycles. The number of alkyl halides is 1. The number of unbranched alkanes of at least 4 members (excludes halogenated alkanes) is 1. The van der Waals surface area contributed by atoms with Crippen LogP contribution < -0.4 is 4.90 Å². The Kier molecular flexibility index (Phi) is 8.93. The Morgan fingerprint density at radius 3 is 2.61 bits per heavy atom. The number of piperazine rings is 1. The van der Waals surface area contributed by atoms with Gasteiger partial charge in [0, 0.05) is 49.2 Å². The van der Waals surface area contributed by atoms with Gasteiger partial charge >= 0.3 is 6.09 Å². The fraction of sp³-hybridized carbons (Fsp3) is 0.552. The van der Waals surface area contributed by atoms with Gasteiger partial charge in [0.05, 0.1) is 24.5 Å². The van der Waals surface area contributed by atoms with Gasteiger partial charge < -0.3 is 14.5 Å². The van der Waals surface area contributed by atoms with E-state index in [0.29, 0.717) is 38.5 Å². The van der Waals surface area contributed by atoms with Gasteiger partial charge in [0.25, 0.3) is 0 Å². The predicted octanol–water partition coefficient (Wildman–Crippen LogP) is 4.99. The number of hydrogen-bond acceptors (Lipinski definition) is 5. The molecule has 0 radical (unpaired) electrons. The van der Waals surface area contributed by atoms with Crippen molar-refractivity contribution in [1.82, 2.24) is 14.8 Å². The van der Waals surface area contributed by atoms with Crippen molar-refractivity contribution in [3.05, 3.63) is 59.2 Å². The van der Waals surface area contributed by atoms with Crippen molar-refractivity contribution in [2.75, 3.05) is 43.6 Å². The lowest BCUT2D eigenvalue weighted by atomic mass is 9.91. The largest absolute Gasteiger partial charge is 0.449 e. The molecule has 0 saturated carbocycles. The van der Waals surface area contributed by atoms with Crippen LogP contribution in [0.2, 0.25) is 0 Å². The molecule has 2 aliphatic rings. The Bertz CT molecular complexity index is 1140. The van der Waals surface area contributed by atoms with Crippen molar-refractivity contribution in [2.24, 2.45) is 0 Å². The summed E-state index contributed by atoms with van der Waals surface area (Å²) < 4.78 is 18.8. The number of pyridine rings is 1. The van der Waals surface area contributed by atoms with E-state index in [1.165, 1.54) is 12.1 Å². The van der Waals surface area contributed by atoms with Crippen molar-refractivity contribution in [2.45, 2.75) is 64.5 Å². The van der Waals surface area contributed by atoms with Crippen LogP contribution in [-0.2, 0) is 21.4 Å². The quantitative estimate of drug-likeness (QED) is 0.346. The molecule has 0 aliphatic carbocycles. The lowest BCUT2D eigenvalue weighted by molar-refractivity contribution is -0.121. The van der Waals surface area contributed by atoms with Gasteiger partial charge in [0.1, 0.15) is 5.82 Å². The van der Waals surface area contributed by atoms with E-state index in [0.717, 1.165) is 35.3 Å². The summed E-state index contributed by atoms with van der Waals surface area (Å²) in [5.74, 6) is 0.0291. The summed E-state index contributed by atoms with van der Waals surface area (Å²) in [6.45, 7) is 10.3. The predicted molar refractivity (Wildman–Crippen MR) is 147 cm³/mol. The summed E-state index contributed by atoms with van der Waals surface area (Å²) >= 11 is 6.32. The molecule has 7 nitrogen and oxygen atoms in total. The maximum absolute atomic E-state index is 13.7. The Balaban J connectivity index is 1.47. The van der Waals surface area contributed by atoms with E-state index < -0.39 is 0 Å². The topological polar surface area (TPSA) is 66.0 Å². The highest BCUT2D eigenvalue weighted by molar-refractivity contribution is 6.18. The number of benzene rings is 1. The van der Waals surface area contributed by atoms with Gasteiger partial charge in [0.15, 0.2) is 0 Å². The monoisotopic (exact) mass is 544 g/mol. The van der Waals surface area contributed by atoms with Crippen molar-refractivity contribution >= 4 is 29.3 Å². The lowest BCUT2D eigenvalue weighted by Gasteiger charge is -2.44. The lowest BCUT2D eigenvalue weighted by Crippen LogP contribution is -2.61. The van der Waals surface area contributed by atoms with Crippen LogP contribution in [0.15, 0.2) is 36.5 Å². The second-order valence-electron chi connectivity index (χ2n) is 11.1. The van der Waals surface area contributed by atoms with E-state index in [1.807, 2.05) is 24.1 Å². The first-order chi connectivity index (χ1) is 18.1. The molecular weight excluding hydrogens is 507 g/mol. The van der Waals surface area contributed by atoms with Gasteiger partial charge in [-0.05, 0) is 49.1 Å². The molecule has 2 aromatic rings. The SMILES string of the molecule is CCCCOC(=O)N1CC(CCl)N(CC(=O)N2CC(C)(C)c3ncc(Cc4ccc(F)cc4)cc32)CC1C. The highest BCUT2D eigenvalue weighted by Gasteiger charge is 2.41. The molecule has 0 spiro atoms. The Morgan fingerprint density at radius 1 is 1.18 bits per heavy atom. The number of hydrogen-bond donors (Lipinski definition) is 0. The van der Waals surface area contributed by atoms with Crippen molar-refractivity contribution in [3.63, 3.8) is 0 Å². The molecule has 0 bridgehead atoms. The first-order valence-corrected chi connectivity index (χ1v) is 13.9. The van der Waals surface area contributed by atoms with Gasteiger partial charge in [0.2, 0.25) is 5.91 Å². The second-order valence-corrected chi connectivity index (χ2v) is 11.4. The average molecular weight is 545 g/mol. The van der Waals surface area contributed by atoms with Gasteiger partial charge in [-0.25, -0.2) is 9.18 Å². The number of carbonyl (C=O) groups is 2. The number of fused-ring (bicyclic) bond motifs is 1. The Morgan fingerprint density at radius 2 is 1.92 bits per heavy atom. The number of halogens is 2. The highest BCUT2D eigenvalue weighted by atomic mass is 35.5. The summed E-state index contributed by atoms with van der Waals surface area (Å²) in [6.07, 6.45) is 3.93. The van der Waals surface area contributed by atoms with E-state index in [-0.39, 0.29) is 41.9 Å². The van der Waals surface area contributed by atoms with Crippen LogP contribution in [0, 0.1) is 5.82 Å². The van der Waals surface area contributed by atoms with Crippen LogP contribution in [0.3, 0.4) is 0 Å². The first kappa shape index (κ1) is 28.3. The number of anilines is 1. The number of rotatable bonds is 8. The van der Waals surface area contributed by atoms with Crippen molar-refractivity contribution < 1.29 is 18.7 Å². The summed E-state index contributed by atoms with van der Waals surface area (Å²) in [7, 11) is 0. The number of nitrogens with zero attached hydrogens (tertiary/aromatic N) is 4. The molecule has 2 unspecified atom stereocenters. The van der Waals surface area contributed by atoms with Crippen LogP contribution >= 0.6 is 11.6 Å². The van der Waals surface area contributed by atoms with Crippen LogP contribution in [0.25, 0.3) is 0 Å². The molecule has 38 heavy (non-hydrogen) atoms. The smallest absolute Gasteiger partial charge is 0.410 e. The number of ether oxygens (including phenoxy) is 1. The highest BCUT2D eigenvalue weighted by Crippen LogP contribution is 2.40. The third-order valence-corrected chi connectivity index (χ3v) is 7.82. The summed E-state index contributed by atoms with van der Waals surface area (Å²) in [4.78, 5) is 36.7. The zero-order valence-corrected chi connectivity index (χ0v) is 23.5. The fourth-order valence-corrected chi connectivity index (χ4v) is 5.58. The summed E-state index contributed by atoms with van der Waals surface area (Å²) in [6, 6.07) is 8.23. The third kappa shape index (κ3) is 6.29. The second kappa shape index (κ2) is 12.0. The molecular formula is C29H38ClFN4O3. The fourth-order valence-electron chi connectivity index (χ4n) is 5.28. The minimum Gasteiger partial charge on any atom is -0.449 e. The Hall–Kier alpha value is -2.71. The molecule has 2 amide bonds. The minimum absolute atomic E-state index is 0.0150. The average Bonchev–Trinajstić information content (AvgIpc) is 3.15. The molecule has 1 saturated heterocycles. The number of amides is 2. The normalized spacial score (nSPS) is 20.9. The number of carbonyl (C=O) groups excluding carboxylic acids is 2. The van der Waals surface area contributed by atoms with Crippen molar-refractivity contribution in [3.8, 4) is 0 Å². The first-order valence-electron chi connectivity index (χ1n) is 13.4. The van der Waals surface area contributed by atoms with E-state index in [1.54, 1.807) is 17.0 Å². The molecule has 206 valence electrons. The Labute approximate surface area is 229 Å². The van der Waals surface area contributed by atoms with Gasteiger partial charge in [-0.15, -0.1) is 11.6 Å².